The van der Waals surface area contributed by atoms with E-state index in [9.17, 15) is 82.8 Å². The SMILES string of the molecule is C[CH][CH]C(=O)NC(C(=O)NC(CCC(=O)O)C(=O)N1CCCC1C(=O)N1CCCC1C(=O)NC(C(=O)NC(C(=O)NC(C(=O)N1CCCC1C(=O)NC(C(=O)NC(CCCN=C(N)N)C(=O)NC(CCCN=C(N)N)C(=O)O)C(C)C)C(C)O)C(C)CC)C(C)CC)C(C)O. The molecule has 2 radical (unpaired) electrons. The molecule has 3 aliphatic heterocycles. The van der Waals surface area contributed by atoms with Gasteiger partial charge < -0.3 is 101 Å². The van der Waals surface area contributed by atoms with Gasteiger partial charge >= 0.3 is 11.9 Å². The van der Waals surface area contributed by atoms with Crippen molar-refractivity contribution in [3.8, 4) is 0 Å². The van der Waals surface area contributed by atoms with E-state index in [1.54, 1.807) is 48.5 Å². The molecule has 3 aliphatic rings. The minimum atomic E-state index is -1.68. The zero-order chi connectivity index (χ0) is 71.6. The molecular formula is C61H103N17O17. The van der Waals surface area contributed by atoms with Gasteiger partial charge in [-0.1, -0.05) is 61.3 Å². The summed E-state index contributed by atoms with van der Waals surface area (Å²) in [6.45, 7) is 14.4. The van der Waals surface area contributed by atoms with E-state index in [1.165, 1.54) is 30.1 Å². The van der Waals surface area contributed by atoms with Crippen LogP contribution >= 0.6 is 0 Å². The van der Waals surface area contributed by atoms with Gasteiger partial charge in [0.15, 0.2) is 11.9 Å². The Morgan fingerprint density at radius 1 is 0.495 bits per heavy atom. The number of aliphatic imine (C=N–C) groups is 2. The van der Waals surface area contributed by atoms with Crippen molar-refractivity contribution in [2.75, 3.05) is 32.7 Å². The molecule has 0 aromatic carbocycles. The number of guanidine groups is 2. The Balaban J connectivity index is 1.82. The van der Waals surface area contributed by atoms with Gasteiger partial charge in [-0.15, -0.1) is 0 Å². The van der Waals surface area contributed by atoms with Crippen molar-refractivity contribution in [3.05, 3.63) is 12.8 Å². The number of rotatable bonds is 39. The Kier molecular flexibility index (Phi) is 33.5. The summed E-state index contributed by atoms with van der Waals surface area (Å²) in [7, 11) is 0. The summed E-state index contributed by atoms with van der Waals surface area (Å²) in [5, 5.41) is 61.6. The third-order valence-electron chi connectivity index (χ3n) is 17.2. The van der Waals surface area contributed by atoms with E-state index in [-0.39, 0.29) is 89.6 Å². The van der Waals surface area contributed by atoms with Crippen LogP contribution in [0.25, 0.3) is 0 Å². The van der Waals surface area contributed by atoms with E-state index in [2.05, 4.69) is 52.5 Å². The molecule has 11 amide bonds. The van der Waals surface area contributed by atoms with E-state index in [4.69, 9.17) is 22.9 Å². The number of nitrogens with one attached hydrogen (secondary N) is 8. The molecule has 0 aliphatic carbocycles. The number of aliphatic hydroxyl groups is 2. The minimum absolute atomic E-state index is 0.00647. The average Bonchev–Trinajstić information content (AvgIpc) is 1.72. The smallest absolute Gasteiger partial charge is 0.326 e. The normalized spacial score (nSPS) is 19.9. The van der Waals surface area contributed by atoms with Crippen molar-refractivity contribution in [2.45, 2.75) is 231 Å². The molecule has 34 nitrogen and oxygen atoms in total. The van der Waals surface area contributed by atoms with Crippen LogP contribution in [-0.4, -0.2) is 235 Å². The molecule has 3 heterocycles. The highest BCUT2D eigenvalue weighted by Crippen LogP contribution is 2.28. The van der Waals surface area contributed by atoms with Crippen LogP contribution in [0, 0.1) is 30.6 Å². The van der Waals surface area contributed by atoms with Crippen LogP contribution in [0.2, 0.25) is 0 Å². The number of likely N-dealkylation sites (tertiary alicyclic amines) is 3. The fourth-order valence-electron chi connectivity index (χ4n) is 11.4. The zero-order valence-corrected chi connectivity index (χ0v) is 56.0. The molecule has 0 saturated carbocycles. The highest BCUT2D eigenvalue weighted by molar-refractivity contribution is 6.00. The lowest BCUT2D eigenvalue weighted by Crippen LogP contribution is -2.63. The van der Waals surface area contributed by atoms with E-state index >= 15 is 0 Å². The van der Waals surface area contributed by atoms with Gasteiger partial charge in [-0.05, 0) is 109 Å². The molecule has 15 atom stereocenters. The van der Waals surface area contributed by atoms with E-state index < -0.39 is 186 Å². The third-order valence-corrected chi connectivity index (χ3v) is 17.2. The second-order valence-corrected chi connectivity index (χ2v) is 24.8. The summed E-state index contributed by atoms with van der Waals surface area (Å²) >= 11 is 0. The first-order chi connectivity index (χ1) is 44.7. The second kappa shape index (κ2) is 39.4. The average molecular weight is 1350 g/mol. The number of carbonyl (C=O) groups excluding carboxylic acids is 11. The molecule has 15 unspecified atom stereocenters. The Bertz CT molecular complexity index is 2740. The van der Waals surface area contributed by atoms with Gasteiger partial charge in [-0.2, -0.15) is 0 Å². The van der Waals surface area contributed by atoms with Gasteiger partial charge in [-0.25, -0.2) is 4.79 Å². The Hall–Kier alpha value is -8.43. The quantitative estimate of drug-likeness (QED) is 0.0158. The molecule has 0 aromatic heterocycles. The summed E-state index contributed by atoms with van der Waals surface area (Å²) in [6.07, 6.45) is 0.805. The molecule has 0 spiro atoms. The minimum Gasteiger partial charge on any atom is -0.481 e. The maximum Gasteiger partial charge on any atom is 0.326 e. The Morgan fingerprint density at radius 3 is 1.39 bits per heavy atom. The molecule has 3 rings (SSSR count). The number of carbonyl (C=O) groups is 13. The fourth-order valence-corrected chi connectivity index (χ4v) is 11.4. The highest BCUT2D eigenvalue weighted by Gasteiger charge is 2.47. The number of amides is 11. The van der Waals surface area contributed by atoms with E-state index in [1.807, 2.05) is 0 Å². The predicted octanol–water partition coefficient (Wildman–Crippen LogP) is -4.17. The lowest BCUT2D eigenvalue weighted by Gasteiger charge is -2.34. The molecule has 0 aromatic rings. The number of hydrogen-bond acceptors (Lipinski definition) is 17. The summed E-state index contributed by atoms with van der Waals surface area (Å²) < 4.78 is 0. The topological polar surface area (TPSA) is 538 Å². The maximum absolute atomic E-state index is 14.5. The predicted molar refractivity (Wildman–Crippen MR) is 345 cm³/mol. The zero-order valence-electron chi connectivity index (χ0n) is 56.0. The Labute approximate surface area is 554 Å². The number of nitrogens with two attached hydrogens (primary N) is 4. The van der Waals surface area contributed by atoms with Crippen molar-refractivity contribution in [1.29, 1.82) is 0 Å². The number of aliphatic hydroxyl groups excluding tert-OH is 2. The van der Waals surface area contributed by atoms with Gasteiger partial charge in [0.25, 0.3) is 0 Å². The fraction of sp³-hybridized carbons (Fsp3) is 0.721. The standard InChI is InChI=1S/C61H103N17O17/c1-10-18-42(81)71-47(34(8)79)55(90)69-37(24-25-43(82)83)56(91)78-30-17-23-41(78)57(92)76-28-15-21-39(76)51(86)73-45(32(6)11-2)53(88)74-46(33(7)12-3)54(89)75-48(35(9)80)58(93)77-29-16-22-40(77)50(85)72-44(31(4)5)52(87)68-36(19-13-26-66-60(62)63)49(84)70-38(59(94)95)20-14-27-67-61(64)65/h10,18,31-41,44-48,79-80H,11-17,19-30H2,1-9H3,(H,68,87)(H,69,90)(H,70,84)(H,71,81)(H,72,85)(H,73,86)(H,74,88)(H,75,89)(H,82,83)(H,94,95)(H4,62,63,66)(H4,64,65,67). The molecule has 3 saturated heterocycles. The number of hydrogen-bond donors (Lipinski definition) is 16. The molecule has 34 heteroatoms. The van der Waals surface area contributed by atoms with Gasteiger partial charge in [0.2, 0.25) is 65.0 Å². The van der Waals surface area contributed by atoms with E-state index in [0.29, 0.717) is 32.1 Å². The van der Waals surface area contributed by atoms with Crippen LogP contribution in [-0.2, 0) is 62.3 Å². The van der Waals surface area contributed by atoms with Crippen LogP contribution in [0.4, 0.5) is 0 Å². The first-order valence-electron chi connectivity index (χ1n) is 32.6. The number of carboxylic acid groups (broad SMARTS) is 2. The molecule has 0 bridgehead atoms. The molecule has 3 fully saturated rings. The summed E-state index contributed by atoms with van der Waals surface area (Å²) in [5.74, 6) is -13.7. The lowest BCUT2D eigenvalue weighted by atomic mass is 9.94. The summed E-state index contributed by atoms with van der Waals surface area (Å²) in [5.41, 5.74) is 21.7. The highest BCUT2D eigenvalue weighted by atomic mass is 16.4. The van der Waals surface area contributed by atoms with Crippen LogP contribution in [0.1, 0.15) is 152 Å². The Morgan fingerprint density at radius 2 is 0.916 bits per heavy atom. The number of aliphatic carboxylic acids is 2. The second-order valence-electron chi connectivity index (χ2n) is 24.8. The van der Waals surface area contributed by atoms with Gasteiger partial charge in [0.05, 0.1) is 18.6 Å². The molecule has 20 N–H and O–H groups in total. The van der Waals surface area contributed by atoms with Gasteiger partial charge in [-0.3, -0.25) is 67.5 Å². The number of nitrogens with zero attached hydrogens (tertiary/aromatic N) is 5. The molecular weight excluding hydrogens is 1240 g/mol. The van der Waals surface area contributed by atoms with Gasteiger partial charge in [0, 0.05) is 39.1 Å². The van der Waals surface area contributed by atoms with Gasteiger partial charge in [0.1, 0.15) is 66.5 Å². The number of carboxylic acids is 2. The van der Waals surface area contributed by atoms with Crippen molar-refractivity contribution >= 4 is 88.8 Å². The molecule has 95 heavy (non-hydrogen) atoms. The monoisotopic (exact) mass is 1350 g/mol. The van der Waals surface area contributed by atoms with E-state index in [0.717, 1.165) is 11.3 Å². The van der Waals surface area contributed by atoms with Crippen LogP contribution in [0.5, 0.6) is 0 Å². The van der Waals surface area contributed by atoms with Crippen molar-refractivity contribution in [2.24, 2.45) is 50.7 Å². The van der Waals surface area contributed by atoms with Crippen LogP contribution in [0.3, 0.4) is 0 Å². The largest absolute Gasteiger partial charge is 0.481 e. The molecule has 534 valence electrons. The summed E-state index contributed by atoms with van der Waals surface area (Å²) in [6, 6.07) is -14.9. The van der Waals surface area contributed by atoms with Crippen molar-refractivity contribution < 1.29 is 82.8 Å². The first kappa shape index (κ1) is 80.8. The summed E-state index contributed by atoms with van der Waals surface area (Å²) in [4.78, 5) is 190. The lowest BCUT2D eigenvalue weighted by molar-refractivity contribution is -0.149. The van der Waals surface area contributed by atoms with Crippen LogP contribution < -0.4 is 65.5 Å². The van der Waals surface area contributed by atoms with Crippen molar-refractivity contribution in [1.82, 2.24) is 57.2 Å². The van der Waals surface area contributed by atoms with Crippen LogP contribution in [0.15, 0.2) is 9.98 Å². The third kappa shape index (κ3) is 24.7. The first-order valence-corrected chi connectivity index (χ1v) is 32.6. The van der Waals surface area contributed by atoms with Crippen molar-refractivity contribution in [3.63, 3.8) is 0 Å². The maximum atomic E-state index is 14.5.